The lowest BCUT2D eigenvalue weighted by Crippen LogP contribution is -2.49. The molecule has 3 rings (SSSR count). The van der Waals surface area contributed by atoms with Gasteiger partial charge in [0.2, 0.25) is 0 Å². The standard InChI is InChI=1S/C18H33N3O2S.HI/c1-14-6-2-5-9-17(14)21-18(20-16-7-3-4-8-16)19-12-15-10-11-24(22,23)13-15;/h14-17H,2-13H2,1H3,(H2,19,20,21);1H. The Kier molecular flexibility index (Phi) is 8.30. The van der Waals surface area contributed by atoms with Crippen molar-refractivity contribution in [1.82, 2.24) is 10.6 Å². The Balaban J connectivity index is 0.00000225. The largest absolute Gasteiger partial charge is 0.354 e. The van der Waals surface area contributed by atoms with Crippen LogP contribution in [0.25, 0.3) is 0 Å². The van der Waals surface area contributed by atoms with Crippen LogP contribution in [0.3, 0.4) is 0 Å². The smallest absolute Gasteiger partial charge is 0.191 e. The lowest BCUT2D eigenvalue weighted by atomic mass is 9.86. The van der Waals surface area contributed by atoms with Crippen LogP contribution in [0.4, 0.5) is 0 Å². The molecule has 146 valence electrons. The molecule has 3 unspecified atom stereocenters. The Hall–Kier alpha value is -0.0500. The average molecular weight is 483 g/mol. The van der Waals surface area contributed by atoms with Gasteiger partial charge in [0.25, 0.3) is 0 Å². The normalized spacial score (nSPS) is 33.0. The average Bonchev–Trinajstić information content (AvgIpc) is 3.16. The number of sulfone groups is 1. The quantitative estimate of drug-likeness (QED) is 0.366. The van der Waals surface area contributed by atoms with Gasteiger partial charge in [-0.1, -0.05) is 32.6 Å². The lowest BCUT2D eigenvalue weighted by molar-refractivity contribution is 0.305. The zero-order valence-electron chi connectivity index (χ0n) is 15.4. The SMILES string of the molecule is CC1CCCCC1NC(=NCC1CCS(=O)(=O)C1)NC1CCCC1.I. The predicted octanol–water partition coefficient (Wildman–Crippen LogP) is 3.10. The molecule has 0 spiro atoms. The molecule has 1 saturated heterocycles. The number of halogens is 1. The van der Waals surface area contributed by atoms with Crippen molar-refractivity contribution >= 4 is 39.8 Å². The third-order valence-electron chi connectivity index (χ3n) is 5.96. The van der Waals surface area contributed by atoms with E-state index in [0.717, 1.165) is 12.4 Å². The van der Waals surface area contributed by atoms with Crippen molar-refractivity contribution in [1.29, 1.82) is 0 Å². The second-order valence-corrected chi connectivity index (χ2v) is 10.3. The van der Waals surface area contributed by atoms with Gasteiger partial charge in [-0.2, -0.15) is 0 Å². The molecule has 0 aromatic heterocycles. The van der Waals surface area contributed by atoms with E-state index in [-0.39, 0.29) is 29.9 Å². The summed E-state index contributed by atoms with van der Waals surface area (Å²) in [5, 5.41) is 7.28. The number of nitrogens with one attached hydrogen (secondary N) is 2. The van der Waals surface area contributed by atoms with Crippen LogP contribution in [0.2, 0.25) is 0 Å². The zero-order valence-corrected chi connectivity index (χ0v) is 18.5. The maximum absolute atomic E-state index is 11.6. The summed E-state index contributed by atoms with van der Waals surface area (Å²) in [4.78, 5) is 4.79. The number of nitrogens with zero attached hydrogens (tertiary/aromatic N) is 1. The molecule has 7 heteroatoms. The third-order valence-corrected chi connectivity index (χ3v) is 7.80. The number of hydrogen-bond donors (Lipinski definition) is 2. The molecule has 0 bridgehead atoms. The van der Waals surface area contributed by atoms with E-state index in [2.05, 4.69) is 17.6 Å². The molecule has 25 heavy (non-hydrogen) atoms. The molecule has 3 fully saturated rings. The zero-order chi connectivity index (χ0) is 17.0. The molecule has 0 aromatic carbocycles. The first-order chi connectivity index (χ1) is 11.5. The van der Waals surface area contributed by atoms with E-state index < -0.39 is 9.84 Å². The van der Waals surface area contributed by atoms with Crippen LogP contribution >= 0.6 is 24.0 Å². The predicted molar refractivity (Wildman–Crippen MR) is 114 cm³/mol. The number of aliphatic imine (C=N–C) groups is 1. The summed E-state index contributed by atoms with van der Waals surface area (Å²) in [7, 11) is -2.81. The van der Waals surface area contributed by atoms with Crippen LogP contribution in [0.1, 0.15) is 64.7 Å². The summed E-state index contributed by atoms with van der Waals surface area (Å²) in [6, 6.07) is 1.03. The van der Waals surface area contributed by atoms with Gasteiger partial charge in [-0.3, -0.25) is 4.99 Å². The van der Waals surface area contributed by atoms with E-state index in [1.165, 1.54) is 51.4 Å². The molecule has 1 heterocycles. The van der Waals surface area contributed by atoms with Gasteiger partial charge >= 0.3 is 0 Å². The molecule has 1 aliphatic heterocycles. The highest BCUT2D eigenvalue weighted by molar-refractivity contribution is 14.0. The number of rotatable bonds is 4. The van der Waals surface area contributed by atoms with E-state index in [0.29, 0.717) is 36.1 Å². The molecule has 3 atom stereocenters. The third kappa shape index (κ3) is 6.56. The Bertz CT molecular complexity index is 547. The summed E-state index contributed by atoms with van der Waals surface area (Å²) >= 11 is 0. The second kappa shape index (κ2) is 9.76. The van der Waals surface area contributed by atoms with Crippen molar-refractivity contribution in [2.24, 2.45) is 16.8 Å². The van der Waals surface area contributed by atoms with Crippen LogP contribution in [-0.4, -0.2) is 44.5 Å². The van der Waals surface area contributed by atoms with E-state index in [1.807, 2.05) is 0 Å². The first-order valence-corrected chi connectivity index (χ1v) is 11.6. The van der Waals surface area contributed by atoms with Crippen LogP contribution in [-0.2, 0) is 9.84 Å². The number of guanidine groups is 1. The summed E-state index contributed by atoms with van der Waals surface area (Å²) in [6.07, 6.45) is 10.9. The van der Waals surface area contributed by atoms with E-state index in [1.54, 1.807) is 0 Å². The van der Waals surface area contributed by atoms with Crippen molar-refractivity contribution in [3.8, 4) is 0 Å². The van der Waals surface area contributed by atoms with Crippen LogP contribution in [0.15, 0.2) is 4.99 Å². The van der Waals surface area contributed by atoms with E-state index in [9.17, 15) is 8.42 Å². The number of hydrogen-bond acceptors (Lipinski definition) is 3. The molecule has 2 aliphatic carbocycles. The van der Waals surface area contributed by atoms with Crippen molar-refractivity contribution in [2.75, 3.05) is 18.1 Å². The minimum Gasteiger partial charge on any atom is -0.354 e. The second-order valence-electron chi connectivity index (χ2n) is 8.10. The highest BCUT2D eigenvalue weighted by Gasteiger charge is 2.28. The molecule has 2 N–H and O–H groups in total. The van der Waals surface area contributed by atoms with Crippen molar-refractivity contribution in [3.63, 3.8) is 0 Å². The Morgan fingerprint density at radius 3 is 2.32 bits per heavy atom. The summed E-state index contributed by atoms with van der Waals surface area (Å²) < 4.78 is 23.3. The minimum absolute atomic E-state index is 0. The summed E-state index contributed by atoms with van der Waals surface area (Å²) in [5.41, 5.74) is 0. The van der Waals surface area contributed by atoms with E-state index >= 15 is 0 Å². The van der Waals surface area contributed by atoms with Gasteiger partial charge in [0.15, 0.2) is 15.8 Å². The molecule has 0 amide bonds. The Morgan fingerprint density at radius 2 is 1.68 bits per heavy atom. The van der Waals surface area contributed by atoms with Gasteiger partial charge in [-0.05, 0) is 43.9 Å². The Morgan fingerprint density at radius 1 is 1.00 bits per heavy atom. The summed E-state index contributed by atoms with van der Waals surface area (Å²) in [5.74, 6) is 2.45. The van der Waals surface area contributed by atoms with Crippen molar-refractivity contribution in [2.45, 2.75) is 76.8 Å². The van der Waals surface area contributed by atoms with Crippen LogP contribution in [0, 0.1) is 11.8 Å². The molecule has 5 nitrogen and oxygen atoms in total. The molecule has 3 aliphatic rings. The topological polar surface area (TPSA) is 70.6 Å². The molecular formula is C18H34IN3O2S. The highest BCUT2D eigenvalue weighted by atomic mass is 127. The van der Waals surface area contributed by atoms with Gasteiger partial charge in [0.05, 0.1) is 11.5 Å². The van der Waals surface area contributed by atoms with Crippen LogP contribution < -0.4 is 10.6 Å². The minimum atomic E-state index is -2.81. The van der Waals surface area contributed by atoms with Gasteiger partial charge in [-0.25, -0.2) is 8.42 Å². The molecular weight excluding hydrogens is 449 g/mol. The van der Waals surface area contributed by atoms with Gasteiger partial charge < -0.3 is 10.6 Å². The van der Waals surface area contributed by atoms with Gasteiger partial charge in [0, 0.05) is 18.6 Å². The maximum Gasteiger partial charge on any atom is 0.191 e. The molecule has 0 radical (unpaired) electrons. The molecule has 2 saturated carbocycles. The first kappa shape index (κ1) is 21.3. The Labute approximate surface area is 170 Å². The fraction of sp³-hybridized carbons (Fsp3) is 0.944. The van der Waals surface area contributed by atoms with E-state index in [4.69, 9.17) is 4.99 Å². The maximum atomic E-state index is 11.6. The van der Waals surface area contributed by atoms with Crippen molar-refractivity contribution < 1.29 is 8.42 Å². The fourth-order valence-electron chi connectivity index (χ4n) is 4.34. The highest BCUT2D eigenvalue weighted by Crippen LogP contribution is 2.24. The fourth-order valence-corrected chi connectivity index (χ4v) is 6.19. The van der Waals surface area contributed by atoms with Gasteiger partial charge in [-0.15, -0.1) is 24.0 Å². The van der Waals surface area contributed by atoms with Crippen molar-refractivity contribution in [3.05, 3.63) is 0 Å². The van der Waals surface area contributed by atoms with Crippen LogP contribution in [0.5, 0.6) is 0 Å². The monoisotopic (exact) mass is 483 g/mol. The van der Waals surface area contributed by atoms with Gasteiger partial charge in [0.1, 0.15) is 0 Å². The first-order valence-electron chi connectivity index (χ1n) is 9.80. The summed E-state index contributed by atoms with van der Waals surface area (Å²) in [6.45, 7) is 2.95. The molecule has 0 aromatic rings. The lowest BCUT2D eigenvalue weighted by Gasteiger charge is -2.31.